The number of methoxy groups -OCH3 is 1. The highest BCUT2D eigenvalue weighted by atomic mass is 16.5. The minimum absolute atomic E-state index is 0.138. The van der Waals surface area contributed by atoms with E-state index < -0.39 is 75.1 Å². The summed E-state index contributed by atoms with van der Waals surface area (Å²) in [6, 6.07) is 0. The molecule has 10 heteroatoms. The quantitative estimate of drug-likeness (QED) is 0.0859. The molecule has 9 aliphatic rings. The van der Waals surface area contributed by atoms with E-state index >= 15 is 0 Å². The fraction of sp³-hybridized carbons (Fsp3) is 0.867. The third-order valence-corrected chi connectivity index (χ3v) is 18.8. The maximum atomic E-state index is 14.4. The first-order valence-corrected chi connectivity index (χ1v) is 22.1. The van der Waals surface area contributed by atoms with Crippen LogP contribution < -0.4 is 5.32 Å². The number of aldehydes is 1. The molecule has 9 rings (SSSR count). The average molecular weight is 766 g/mol. The summed E-state index contributed by atoms with van der Waals surface area (Å²) in [6.07, 6.45) is 13.7. The van der Waals surface area contributed by atoms with Gasteiger partial charge in [0.25, 0.3) is 0 Å². The van der Waals surface area contributed by atoms with Crippen LogP contribution in [0.4, 0.5) is 0 Å². The van der Waals surface area contributed by atoms with Gasteiger partial charge in [0.2, 0.25) is 0 Å². The average Bonchev–Trinajstić information content (AvgIpc) is 3.96. The summed E-state index contributed by atoms with van der Waals surface area (Å²) in [7, 11) is 1.68. The molecule has 10 nitrogen and oxygen atoms in total. The Kier molecular flexibility index (Phi) is 9.49. The summed E-state index contributed by atoms with van der Waals surface area (Å²) in [4.78, 5) is 27.4. The van der Waals surface area contributed by atoms with Gasteiger partial charge in [-0.15, -0.1) is 0 Å². The Morgan fingerprint density at radius 3 is 2.42 bits per heavy atom. The molecule has 306 valence electrons. The monoisotopic (exact) mass is 765 g/mol. The fourth-order valence-corrected chi connectivity index (χ4v) is 16.3. The molecule has 1 spiro atoms. The second kappa shape index (κ2) is 13.4. The van der Waals surface area contributed by atoms with E-state index in [1.165, 1.54) is 12.8 Å². The predicted molar refractivity (Wildman–Crippen MR) is 204 cm³/mol. The van der Waals surface area contributed by atoms with Gasteiger partial charge in [-0.1, -0.05) is 58.4 Å². The van der Waals surface area contributed by atoms with Crippen LogP contribution in [0, 0.1) is 63.6 Å². The number of ether oxygens (including phenoxy) is 2. The standard InChI is InChI=1S/C45H67NO9/c1-26(27-9-4-5-10-27)28-11-12-32-38(49)41(14-6-7-15-41)24-42(25-47)34-13-16-40(2)36-29(22-43(40,51)45(34,53)39(50)33(20-28)44(32,42)52)19-30(23-46-17-8-18-54-3)37-31(36)21-35(48)55-37/h19,21,25-29,32-34,36-39,46,49-53H,4-18,20,22-24H2,1-3H3/t26-,28+,29+,32-,33-,34+,36+,37-,38+,39-,40+,42-,43+,44+,45+/m0/s1. The summed E-state index contributed by atoms with van der Waals surface area (Å²) in [5, 5.41) is 70.4. The number of rotatable bonds is 9. The molecule has 8 aliphatic carbocycles. The zero-order valence-electron chi connectivity index (χ0n) is 33.4. The van der Waals surface area contributed by atoms with Crippen molar-refractivity contribution in [3.8, 4) is 0 Å². The smallest absolute Gasteiger partial charge is 0.331 e. The largest absolute Gasteiger partial charge is 0.450 e. The third-order valence-electron chi connectivity index (χ3n) is 18.8. The maximum Gasteiger partial charge on any atom is 0.331 e. The Morgan fingerprint density at radius 1 is 0.964 bits per heavy atom. The molecule has 0 aromatic rings. The van der Waals surface area contributed by atoms with Crippen molar-refractivity contribution in [1.29, 1.82) is 0 Å². The van der Waals surface area contributed by atoms with Crippen LogP contribution in [0.3, 0.4) is 0 Å². The van der Waals surface area contributed by atoms with Gasteiger partial charge in [-0.3, -0.25) is 0 Å². The van der Waals surface area contributed by atoms with E-state index in [1.54, 1.807) is 13.2 Å². The highest BCUT2D eigenvalue weighted by Crippen LogP contribution is 2.78. The van der Waals surface area contributed by atoms with Crippen molar-refractivity contribution in [2.24, 2.45) is 63.6 Å². The lowest BCUT2D eigenvalue weighted by atomic mass is 9.33. The number of carbonyl (C=O) groups is 2. The molecule has 0 unspecified atom stereocenters. The van der Waals surface area contributed by atoms with Crippen molar-refractivity contribution in [2.45, 2.75) is 152 Å². The van der Waals surface area contributed by atoms with E-state index in [0.29, 0.717) is 50.7 Å². The minimum atomic E-state index is -2.13. The predicted octanol–water partition coefficient (Wildman–Crippen LogP) is 4.39. The first-order valence-electron chi connectivity index (χ1n) is 22.1. The van der Waals surface area contributed by atoms with Gasteiger partial charge in [-0.2, -0.15) is 0 Å². The number of hydrogen-bond acceptors (Lipinski definition) is 10. The molecule has 55 heavy (non-hydrogen) atoms. The topological polar surface area (TPSA) is 166 Å². The van der Waals surface area contributed by atoms with Crippen LogP contribution in [-0.4, -0.2) is 99.7 Å². The summed E-state index contributed by atoms with van der Waals surface area (Å²) < 4.78 is 11.2. The number of fused-ring (bicyclic) bond motifs is 8. The van der Waals surface area contributed by atoms with E-state index in [2.05, 4.69) is 18.3 Å². The molecule has 0 saturated heterocycles. The lowest BCUT2D eigenvalue weighted by Gasteiger charge is -2.74. The summed E-state index contributed by atoms with van der Waals surface area (Å²) in [6.45, 7) is 6.19. The molecule has 1 aliphatic heterocycles. The van der Waals surface area contributed by atoms with Gasteiger partial charge in [-0.25, -0.2) is 4.79 Å². The Hall–Kier alpha value is -1.66. The first-order chi connectivity index (χ1) is 26.3. The number of allylic oxidation sites excluding steroid dienone is 1. The van der Waals surface area contributed by atoms with Crippen LogP contribution in [0.15, 0.2) is 23.3 Å². The number of esters is 1. The molecular formula is C45H67NO9. The van der Waals surface area contributed by atoms with Crippen LogP contribution in [0.5, 0.6) is 0 Å². The fourth-order valence-electron chi connectivity index (χ4n) is 16.3. The van der Waals surface area contributed by atoms with E-state index in [-0.39, 0.29) is 30.6 Å². The molecule has 1 heterocycles. The summed E-state index contributed by atoms with van der Waals surface area (Å²) in [5.41, 5.74) is -6.96. The van der Waals surface area contributed by atoms with Crippen molar-refractivity contribution in [3.63, 3.8) is 0 Å². The van der Waals surface area contributed by atoms with Crippen molar-refractivity contribution >= 4 is 12.3 Å². The zero-order valence-corrected chi connectivity index (χ0v) is 33.4. The molecule has 6 N–H and O–H groups in total. The van der Waals surface area contributed by atoms with Gasteiger partial charge in [0, 0.05) is 49.5 Å². The number of carbonyl (C=O) groups excluding carboxylic acids is 2. The summed E-state index contributed by atoms with van der Waals surface area (Å²) >= 11 is 0. The highest BCUT2D eigenvalue weighted by molar-refractivity contribution is 5.87. The SMILES string of the molecule is COCCCNCC1=C[C@@H]2C[C@]3(O)[C@]4(O)[C@@H](O)[C@@H]5C[C@H]([C@@H](C)C6CCCC6)CC[C@H]6[C@@H](O)C7(CCCC7)C[C@](C=O)([C@H]4CC[C@]3(C)[C@H]2C2=CC(=O)O[C@@H]12)[C@@]65O. The van der Waals surface area contributed by atoms with Crippen LogP contribution in [0.25, 0.3) is 0 Å². The van der Waals surface area contributed by atoms with Gasteiger partial charge < -0.3 is 45.1 Å². The number of hydrogen-bond donors (Lipinski definition) is 6. The van der Waals surface area contributed by atoms with Gasteiger partial charge in [0.05, 0.1) is 23.2 Å². The third kappa shape index (κ3) is 4.97. The van der Waals surface area contributed by atoms with Crippen molar-refractivity contribution in [1.82, 2.24) is 5.32 Å². The van der Waals surface area contributed by atoms with Crippen LogP contribution >= 0.6 is 0 Å². The molecule has 0 bridgehead atoms. The van der Waals surface area contributed by atoms with Gasteiger partial charge in [-0.05, 0) is 117 Å². The number of aliphatic hydroxyl groups is 5. The van der Waals surface area contributed by atoms with Gasteiger partial charge in [0.15, 0.2) is 0 Å². The van der Waals surface area contributed by atoms with Crippen LogP contribution in [-0.2, 0) is 19.1 Å². The molecule has 0 radical (unpaired) electrons. The normalized spacial score (nSPS) is 50.2. The molecule has 0 aromatic heterocycles. The van der Waals surface area contributed by atoms with E-state index in [0.717, 1.165) is 75.3 Å². The Morgan fingerprint density at radius 2 is 1.71 bits per heavy atom. The highest BCUT2D eigenvalue weighted by Gasteiger charge is 2.85. The van der Waals surface area contributed by atoms with Crippen LogP contribution in [0.2, 0.25) is 0 Å². The van der Waals surface area contributed by atoms with Crippen LogP contribution in [0.1, 0.15) is 117 Å². The Bertz CT molecular complexity index is 1600. The Balaban J connectivity index is 1.16. The maximum absolute atomic E-state index is 14.4. The second-order valence-corrected chi connectivity index (χ2v) is 20.6. The van der Waals surface area contributed by atoms with Crippen molar-refractivity contribution < 1.29 is 44.6 Å². The number of nitrogens with one attached hydrogen (secondary N) is 1. The van der Waals surface area contributed by atoms with Crippen molar-refractivity contribution in [2.75, 3.05) is 26.8 Å². The molecule has 15 atom stereocenters. The second-order valence-electron chi connectivity index (χ2n) is 20.6. The molecule has 7 saturated carbocycles. The first kappa shape index (κ1) is 38.8. The lowest BCUT2D eigenvalue weighted by Crippen LogP contribution is -2.86. The lowest BCUT2D eigenvalue weighted by molar-refractivity contribution is -0.382. The van der Waals surface area contributed by atoms with Gasteiger partial charge in [0.1, 0.15) is 23.6 Å². The number of aliphatic hydroxyl groups excluding tert-OH is 2. The zero-order chi connectivity index (χ0) is 38.8. The minimum Gasteiger partial charge on any atom is -0.450 e. The van der Waals surface area contributed by atoms with E-state index in [4.69, 9.17) is 9.47 Å². The molecule has 0 aromatic carbocycles. The molecule has 7 fully saturated rings. The molecular weight excluding hydrogens is 698 g/mol. The summed E-state index contributed by atoms with van der Waals surface area (Å²) in [5.74, 6) is -2.38. The van der Waals surface area contributed by atoms with E-state index in [1.807, 2.05) is 6.92 Å². The molecule has 0 amide bonds. The van der Waals surface area contributed by atoms with Gasteiger partial charge >= 0.3 is 5.97 Å². The van der Waals surface area contributed by atoms with Crippen molar-refractivity contribution in [3.05, 3.63) is 23.3 Å². The van der Waals surface area contributed by atoms with E-state index in [9.17, 15) is 35.1 Å². The Labute approximate surface area is 326 Å².